The van der Waals surface area contributed by atoms with Gasteiger partial charge in [-0.3, -0.25) is 4.79 Å². The summed E-state index contributed by atoms with van der Waals surface area (Å²) in [5, 5.41) is 13.1. The van der Waals surface area contributed by atoms with Gasteiger partial charge in [-0.2, -0.15) is 0 Å². The number of imidazole rings is 1. The summed E-state index contributed by atoms with van der Waals surface area (Å²) in [7, 11) is 0. The zero-order valence-electron chi connectivity index (χ0n) is 11.2. The van der Waals surface area contributed by atoms with Gasteiger partial charge in [0.2, 0.25) is 0 Å². The van der Waals surface area contributed by atoms with Crippen LogP contribution in [-0.2, 0) is 4.79 Å². The van der Waals surface area contributed by atoms with Crippen LogP contribution in [0.2, 0.25) is 0 Å². The van der Waals surface area contributed by atoms with Gasteiger partial charge in [0, 0.05) is 11.8 Å². The highest BCUT2D eigenvalue weighted by Crippen LogP contribution is 2.23. The maximum absolute atomic E-state index is 11.2. The second kappa shape index (κ2) is 5.46. The number of aromatic nitrogens is 2. The molecule has 0 spiro atoms. The van der Waals surface area contributed by atoms with Crippen LogP contribution < -0.4 is 5.32 Å². The van der Waals surface area contributed by atoms with Gasteiger partial charge >= 0.3 is 5.97 Å². The summed E-state index contributed by atoms with van der Waals surface area (Å²) in [5.74, 6) is -0.318. The largest absolute Gasteiger partial charge is 0.480 e. The highest BCUT2D eigenvalue weighted by Gasteiger charge is 2.28. The first-order chi connectivity index (χ1) is 9.61. The van der Waals surface area contributed by atoms with Gasteiger partial charge in [0.25, 0.3) is 0 Å². The molecule has 3 N–H and O–H groups in total. The van der Waals surface area contributed by atoms with Crippen LogP contribution >= 0.6 is 11.8 Å². The maximum atomic E-state index is 11.2. The standard InChI is InChI=1S/C14H17N3O2S/c1-8-2-5-10-11(6-8)17-14(16-10)20-7-12(13(18)19)15-9-3-4-9/h2,5-6,9,12,15H,3-4,7H2,1H3,(H,16,17)(H,18,19). The lowest BCUT2D eigenvalue weighted by Crippen LogP contribution is -2.40. The van der Waals surface area contributed by atoms with Crippen molar-refractivity contribution in [3.8, 4) is 0 Å². The molecule has 106 valence electrons. The van der Waals surface area contributed by atoms with Gasteiger partial charge in [0.15, 0.2) is 5.16 Å². The summed E-state index contributed by atoms with van der Waals surface area (Å²) in [6, 6.07) is 5.91. The number of benzene rings is 1. The second-order valence-electron chi connectivity index (χ2n) is 5.21. The number of rotatable bonds is 6. The quantitative estimate of drug-likeness (QED) is 0.711. The molecular weight excluding hydrogens is 274 g/mol. The molecule has 3 rings (SSSR count). The first-order valence-corrected chi connectivity index (χ1v) is 7.68. The van der Waals surface area contributed by atoms with Crippen LogP contribution in [0.5, 0.6) is 0 Å². The SMILES string of the molecule is Cc1ccc2nc(SCC(NC3CC3)C(=O)O)[nH]c2c1. The Hall–Kier alpha value is -1.53. The number of hydrogen-bond donors (Lipinski definition) is 3. The summed E-state index contributed by atoms with van der Waals surface area (Å²) in [5.41, 5.74) is 3.09. The predicted molar refractivity (Wildman–Crippen MR) is 79.1 cm³/mol. The minimum Gasteiger partial charge on any atom is -0.480 e. The van der Waals surface area contributed by atoms with E-state index >= 15 is 0 Å². The zero-order chi connectivity index (χ0) is 14.1. The average molecular weight is 291 g/mol. The molecule has 1 aliphatic carbocycles. The summed E-state index contributed by atoms with van der Waals surface area (Å²) in [4.78, 5) is 18.9. The number of fused-ring (bicyclic) bond motifs is 1. The summed E-state index contributed by atoms with van der Waals surface area (Å²) >= 11 is 1.45. The number of carboxylic acid groups (broad SMARTS) is 1. The van der Waals surface area contributed by atoms with Crippen molar-refractivity contribution in [3.05, 3.63) is 23.8 Å². The van der Waals surface area contributed by atoms with Crippen molar-refractivity contribution in [1.29, 1.82) is 0 Å². The van der Waals surface area contributed by atoms with Gasteiger partial charge in [-0.15, -0.1) is 0 Å². The van der Waals surface area contributed by atoms with Crippen LogP contribution in [0.1, 0.15) is 18.4 Å². The van der Waals surface area contributed by atoms with E-state index in [9.17, 15) is 9.90 Å². The van der Waals surface area contributed by atoms with Gasteiger partial charge < -0.3 is 15.4 Å². The Bertz CT molecular complexity index is 636. The fraction of sp³-hybridized carbons (Fsp3) is 0.429. The molecule has 1 fully saturated rings. The van der Waals surface area contributed by atoms with Crippen LogP contribution in [0.4, 0.5) is 0 Å². The summed E-state index contributed by atoms with van der Waals surface area (Å²) < 4.78 is 0. The number of hydrogen-bond acceptors (Lipinski definition) is 4. The summed E-state index contributed by atoms with van der Waals surface area (Å²) in [6.07, 6.45) is 2.16. The van der Waals surface area contributed by atoms with Gasteiger partial charge in [-0.05, 0) is 37.5 Å². The fourth-order valence-corrected chi connectivity index (χ4v) is 2.96. The molecule has 0 saturated heterocycles. The Labute approximate surface area is 121 Å². The lowest BCUT2D eigenvalue weighted by molar-refractivity contribution is -0.138. The molecule has 0 bridgehead atoms. The lowest BCUT2D eigenvalue weighted by Gasteiger charge is -2.12. The Morgan fingerprint density at radius 2 is 2.40 bits per heavy atom. The number of carboxylic acids is 1. The monoisotopic (exact) mass is 291 g/mol. The van der Waals surface area contributed by atoms with Crippen molar-refractivity contribution in [2.24, 2.45) is 0 Å². The minimum absolute atomic E-state index is 0.384. The number of aromatic amines is 1. The van der Waals surface area contributed by atoms with E-state index in [-0.39, 0.29) is 0 Å². The van der Waals surface area contributed by atoms with Crippen molar-refractivity contribution < 1.29 is 9.90 Å². The highest BCUT2D eigenvalue weighted by atomic mass is 32.2. The predicted octanol–water partition coefficient (Wildman–Crippen LogP) is 2.17. The third kappa shape index (κ3) is 3.13. The molecule has 0 aliphatic heterocycles. The molecule has 1 aliphatic rings. The fourth-order valence-electron chi connectivity index (χ4n) is 2.06. The smallest absolute Gasteiger partial charge is 0.321 e. The molecule has 1 unspecified atom stereocenters. The topological polar surface area (TPSA) is 78.0 Å². The van der Waals surface area contributed by atoms with E-state index in [1.807, 2.05) is 25.1 Å². The highest BCUT2D eigenvalue weighted by molar-refractivity contribution is 7.99. The number of aliphatic carboxylic acids is 1. The van der Waals surface area contributed by atoms with E-state index < -0.39 is 12.0 Å². The Morgan fingerprint density at radius 1 is 1.60 bits per heavy atom. The van der Waals surface area contributed by atoms with Gasteiger partial charge in [0.1, 0.15) is 6.04 Å². The second-order valence-corrected chi connectivity index (χ2v) is 6.21. The maximum Gasteiger partial charge on any atom is 0.321 e. The molecule has 20 heavy (non-hydrogen) atoms. The molecule has 0 radical (unpaired) electrons. The van der Waals surface area contributed by atoms with Crippen LogP contribution in [0.3, 0.4) is 0 Å². The van der Waals surface area contributed by atoms with Crippen molar-refractivity contribution in [2.45, 2.75) is 37.0 Å². The van der Waals surface area contributed by atoms with Crippen molar-refractivity contribution in [2.75, 3.05) is 5.75 Å². The number of nitrogens with one attached hydrogen (secondary N) is 2. The molecule has 2 aromatic rings. The van der Waals surface area contributed by atoms with Crippen molar-refractivity contribution in [3.63, 3.8) is 0 Å². The van der Waals surface area contributed by atoms with E-state index in [2.05, 4.69) is 15.3 Å². The number of aryl methyl sites for hydroxylation is 1. The van der Waals surface area contributed by atoms with Gasteiger partial charge in [-0.1, -0.05) is 17.8 Å². The minimum atomic E-state index is -0.795. The van der Waals surface area contributed by atoms with E-state index in [0.29, 0.717) is 11.8 Å². The molecule has 1 heterocycles. The zero-order valence-corrected chi connectivity index (χ0v) is 12.0. The first kappa shape index (κ1) is 13.5. The normalized spacial score (nSPS) is 16.4. The van der Waals surface area contributed by atoms with Crippen molar-refractivity contribution in [1.82, 2.24) is 15.3 Å². The van der Waals surface area contributed by atoms with Gasteiger partial charge in [0.05, 0.1) is 11.0 Å². The average Bonchev–Trinajstić information content (AvgIpc) is 3.12. The third-order valence-electron chi connectivity index (χ3n) is 3.31. The Kier molecular flexibility index (Phi) is 3.67. The molecule has 5 nitrogen and oxygen atoms in total. The molecule has 0 amide bonds. The molecule has 1 aromatic heterocycles. The van der Waals surface area contributed by atoms with E-state index in [4.69, 9.17) is 0 Å². The third-order valence-corrected chi connectivity index (χ3v) is 4.28. The van der Waals surface area contributed by atoms with E-state index in [0.717, 1.165) is 29.0 Å². The van der Waals surface area contributed by atoms with Crippen LogP contribution in [0.15, 0.2) is 23.4 Å². The molecule has 1 atom stereocenters. The number of nitrogens with zero attached hydrogens (tertiary/aromatic N) is 1. The van der Waals surface area contributed by atoms with Gasteiger partial charge in [-0.25, -0.2) is 4.98 Å². The molecule has 6 heteroatoms. The van der Waals surface area contributed by atoms with E-state index in [1.54, 1.807) is 0 Å². The van der Waals surface area contributed by atoms with Crippen LogP contribution in [0.25, 0.3) is 11.0 Å². The number of carbonyl (C=O) groups is 1. The molecular formula is C14H17N3O2S. The van der Waals surface area contributed by atoms with E-state index in [1.165, 1.54) is 17.3 Å². The van der Waals surface area contributed by atoms with Crippen LogP contribution in [0, 0.1) is 6.92 Å². The lowest BCUT2D eigenvalue weighted by atomic mass is 10.2. The summed E-state index contributed by atoms with van der Waals surface area (Å²) in [6.45, 7) is 2.03. The molecule has 1 aromatic carbocycles. The number of thioether (sulfide) groups is 1. The Morgan fingerprint density at radius 3 is 3.10 bits per heavy atom. The first-order valence-electron chi connectivity index (χ1n) is 6.70. The number of H-pyrrole nitrogens is 1. The molecule has 1 saturated carbocycles. The van der Waals surface area contributed by atoms with Crippen molar-refractivity contribution >= 4 is 28.8 Å². The van der Waals surface area contributed by atoms with Crippen LogP contribution in [-0.4, -0.2) is 38.9 Å². The Balaban J connectivity index is 1.67.